The van der Waals surface area contributed by atoms with Crippen LogP contribution in [0.1, 0.15) is 30.9 Å². The third kappa shape index (κ3) is 4.16. The van der Waals surface area contributed by atoms with E-state index in [2.05, 4.69) is 22.4 Å². The minimum atomic E-state index is -0.0432. The Labute approximate surface area is 143 Å². The summed E-state index contributed by atoms with van der Waals surface area (Å²) in [6, 6.07) is 10.5. The average Bonchev–Trinajstić information content (AvgIpc) is 3.30. The minimum Gasteiger partial charge on any atom is -0.396 e. The first-order chi connectivity index (χ1) is 11.8. The molecule has 2 aliphatic heterocycles. The van der Waals surface area contributed by atoms with E-state index in [0.717, 1.165) is 44.6 Å². The molecule has 5 heteroatoms. The quantitative estimate of drug-likeness (QED) is 0.787. The number of hydrogen-bond donors (Lipinski definition) is 2. The fourth-order valence-electron chi connectivity index (χ4n) is 3.56. The molecule has 2 unspecified atom stereocenters. The Balaban J connectivity index is 1.57. The van der Waals surface area contributed by atoms with Gasteiger partial charge in [-0.3, -0.25) is 4.90 Å². The maximum Gasteiger partial charge on any atom is 0.317 e. The van der Waals surface area contributed by atoms with E-state index in [0.29, 0.717) is 12.5 Å². The topological polar surface area (TPSA) is 55.8 Å². The van der Waals surface area contributed by atoms with Gasteiger partial charge in [0.05, 0.1) is 6.04 Å². The Kier molecular flexibility index (Phi) is 5.88. The molecule has 1 aromatic rings. The summed E-state index contributed by atoms with van der Waals surface area (Å²) in [6.45, 7) is 3.77. The van der Waals surface area contributed by atoms with E-state index in [1.165, 1.54) is 0 Å². The smallest absolute Gasteiger partial charge is 0.317 e. The number of rotatable bonds is 6. The van der Waals surface area contributed by atoms with Gasteiger partial charge in [0.2, 0.25) is 0 Å². The first-order valence-electron chi connectivity index (χ1n) is 8.88. The van der Waals surface area contributed by atoms with Gasteiger partial charge in [-0.1, -0.05) is 42.5 Å². The molecule has 0 radical (unpaired) electrons. The first kappa shape index (κ1) is 17.0. The molecule has 0 aromatic heterocycles. The van der Waals surface area contributed by atoms with Crippen molar-refractivity contribution >= 4 is 6.03 Å². The molecule has 24 heavy (non-hydrogen) atoms. The second-order valence-corrected chi connectivity index (χ2v) is 6.59. The van der Waals surface area contributed by atoms with Crippen LogP contribution < -0.4 is 5.32 Å². The van der Waals surface area contributed by atoms with Crippen molar-refractivity contribution in [1.82, 2.24) is 15.1 Å². The molecule has 5 nitrogen and oxygen atoms in total. The highest BCUT2D eigenvalue weighted by Crippen LogP contribution is 2.21. The van der Waals surface area contributed by atoms with Crippen molar-refractivity contribution in [3.05, 3.63) is 48.0 Å². The number of amides is 2. The summed E-state index contributed by atoms with van der Waals surface area (Å²) in [5.41, 5.74) is 1.10. The molecule has 2 amide bonds. The molecule has 2 atom stereocenters. The van der Waals surface area contributed by atoms with Crippen LogP contribution in [0.5, 0.6) is 0 Å². The third-order valence-electron chi connectivity index (χ3n) is 4.96. The minimum absolute atomic E-state index is 0.0106. The average molecular weight is 329 g/mol. The summed E-state index contributed by atoms with van der Waals surface area (Å²) < 4.78 is 0. The van der Waals surface area contributed by atoms with Gasteiger partial charge in [0.1, 0.15) is 0 Å². The SMILES string of the molecule is O=C(NC(CCCO)c1ccccc1)N1CCC(N2CC=CC2)C1. The number of carbonyl (C=O) groups is 1. The van der Waals surface area contributed by atoms with Crippen molar-refractivity contribution in [2.45, 2.75) is 31.3 Å². The fourth-order valence-corrected chi connectivity index (χ4v) is 3.56. The summed E-state index contributed by atoms with van der Waals surface area (Å²) in [7, 11) is 0. The van der Waals surface area contributed by atoms with Gasteiger partial charge in [-0.25, -0.2) is 4.79 Å². The van der Waals surface area contributed by atoms with Crippen molar-refractivity contribution in [3.63, 3.8) is 0 Å². The van der Waals surface area contributed by atoms with Gasteiger partial charge in [0.15, 0.2) is 0 Å². The van der Waals surface area contributed by atoms with Crippen LogP contribution in [0, 0.1) is 0 Å². The van der Waals surface area contributed by atoms with Crippen molar-refractivity contribution in [3.8, 4) is 0 Å². The molecule has 1 saturated heterocycles. The number of benzene rings is 1. The highest BCUT2D eigenvalue weighted by atomic mass is 16.3. The van der Waals surface area contributed by atoms with Crippen LogP contribution in [-0.2, 0) is 0 Å². The van der Waals surface area contributed by atoms with Crippen LogP contribution in [0.3, 0.4) is 0 Å². The molecule has 1 fully saturated rings. The molecule has 2 aliphatic rings. The lowest BCUT2D eigenvalue weighted by Gasteiger charge is -2.26. The maximum absolute atomic E-state index is 12.7. The van der Waals surface area contributed by atoms with E-state index in [1.54, 1.807) is 0 Å². The summed E-state index contributed by atoms with van der Waals surface area (Å²) in [5.74, 6) is 0. The van der Waals surface area contributed by atoms with E-state index in [4.69, 9.17) is 5.11 Å². The Morgan fingerprint density at radius 3 is 2.71 bits per heavy atom. The molecule has 3 rings (SSSR count). The van der Waals surface area contributed by atoms with E-state index in [9.17, 15) is 4.79 Å². The van der Waals surface area contributed by atoms with Crippen LogP contribution in [0.15, 0.2) is 42.5 Å². The maximum atomic E-state index is 12.7. The van der Waals surface area contributed by atoms with Gasteiger partial charge < -0.3 is 15.3 Å². The molecular weight excluding hydrogens is 302 g/mol. The number of likely N-dealkylation sites (tertiary alicyclic amines) is 1. The van der Waals surface area contributed by atoms with E-state index < -0.39 is 0 Å². The van der Waals surface area contributed by atoms with Gasteiger partial charge in [-0.05, 0) is 24.8 Å². The van der Waals surface area contributed by atoms with Gasteiger partial charge >= 0.3 is 6.03 Å². The van der Waals surface area contributed by atoms with Gasteiger partial charge in [0.25, 0.3) is 0 Å². The van der Waals surface area contributed by atoms with Crippen molar-refractivity contribution < 1.29 is 9.90 Å². The first-order valence-corrected chi connectivity index (χ1v) is 8.88. The number of nitrogens with one attached hydrogen (secondary N) is 1. The van der Waals surface area contributed by atoms with Crippen LogP contribution in [0.25, 0.3) is 0 Å². The number of nitrogens with zero attached hydrogens (tertiary/aromatic N) is 2. The molecule has 0 saturated carbocycles. The van der Waals surface area contributed by atoms with Gasteiger partial charge in [0, 0.05) is 38.8 Å². The Bertz CT molecular complexity index is 553. The molecule has 1 aromatic carbocycles. The zero-order valence-corrected chi connectivity index (χ0v) is 14.1. The van der Waals surface area contributed by atoms with Crippen molar-refractivity contribution in [1.29, 1.82) is 0 Å². The van der Waals surface area contributed by atoms with E-state index in [-0.39, 0.29) is 18.7 Å². The second-order valence-electron chi connectivity index (χ2n) is 6.59. The summed E-state index contributed by atoms with van der Waals surface area (Å²) in [4.78, 5) is 17.0. The lowest BCUT2D eigenvalue weighted by atomic mass is 10.0. The fraction of sp³-hybridized carbons (Fsp3) is 0.526. The molecular formula is C19H27N3O2. The zero-order valence-electron chi connectivity index (χ0n) is 14.1. The van der Waals surface area contributed by atoms with E-state index in [1.807, 2.05) is 35.2 Å². The number of aliphatic hydroxyl groups is 1. The standard InChI is InChI=1S/C19H27N3O2/c23-14-6-9-18(16-7-2-1-3-8-16)20-19(24)22-13-10-17(15-22)21-11-4-5-12-21/h1-5,7-8,17-18,23H,6,9-15H2,(H,20,24). The predicted octanol–water partition coefficient (Wildman–Crippen LogP) is 2.16. The Morgan fingerprint density at radius 2 is 2.00 bits per heavy atom. The summed E-state index contributed by atoms with van der Waals surface area (Å²) in [6.07, 6.45) is 6.87. The van der Waals surface area contributed by atoms with Crippen molar-refractivity contribution in [2.75, 3.05) is 32.8 Å². The largest absolute Gasteiger partial charge is 0.396 e. The van der Waals surface area contributed by atoms with Crippen molar-refractivity contribution in [2.24, 2.45) is 0 Å². The molecule has 2 N–H and O–H groups in total. The number of urea groups is 1. The lowest BCUT2D eigenvalue weighted by Crippen LogP contribution is -2.43. The monoisotopic (exact) mass is 329 g/mol. The zero-order chi connectivity index (χ0) is 16.8. The second kappa shape index (κ2) is 8.31. The summed E-state index contributed by atoms with van der Waals surface area (Å²) >= 11 is 0. The third-order valence-corrected chi connectivity index (χ3v) is 4.96. The van der Waals surface area contributed by atoms with Crippen LogP contribution in [-0.4, -0.2) is 59.8 Å². The molecule has 0 aliphatic carbocycles. The number of carbonyl (C=O) groups excluding carboxylic acids is 1. The number of aliphatic hydroxyl groups excluding tert-OH is 1. The highest BCUT2D eigenvalue weighted by molar-refractivity contribution is 5.75. The van der Waals surface area contributed by atoms with Gasteiger partial charge in [-0.2, -0.15) is 0 Å². The Hall–Kier alpha value is -1.85. The van der Waals surface area contributed by atoms with Crippen LogP contribution in [0.4, 0.5) is 4.79 Å². The van der Waals surface area contributed by atoms with E-state index >= 15 is 0 Å². The highest BCUT2D eigenvalue weighted by Gasteiger charge is 2.31. The molecule has 2 heterocycles. The molecule has 0 spiro atoms. The normalized spacial score (nSPS) is 22.0. The summed E-state index contributed by atoms with van der Waals surface area (Å²) in [5, 5.41) is 12.3. The molecule has 0 bridgehead atoms. The van der Waals surface area contributed by atoms with Crippen LogP contribution in [0.2, 0.25) is 0 Å². The van der Waals surface area contributed by atoms with Gasteiger partial charge in [-0.15, -0.1) is 0 Å². The number of hydrogen-bond acceptors (Lipinski definition) is 3. The lowest BCUT2D eigenvalue weighted by molar-refractivity contribution is 0.194. The Morgan fingerprint density at radius 1 is 1.25 bits per heavy atom. The molecule has 130 valence electrons. The van der Waals surface area contributed by atoms with Crippen LogP contribution >= 0.6 is 0 Å². The predicted molar refractivity (Wildman–Crippen MR) is 94.7 cm³/mol.